The zero-order chi connectivity index (χ0) is 23.2. The van der Waals surface area contributed by atoms with E-state index in [4.69, 9.17) is 27.8 Å². The topological polar surface area (TPSA) is 78.6 Å². The van der Waals surface area contributed by atoms with Gasteiger partial charge in [-0.05, 0) is 125 Å². The zero-order valence-electron chi connectivity index (χ0n) is 20.3. The fraction of sp³-hybridized carbons (Fsp3) is 0.926. The van der Waals surface area contributed by atoms with Crippen LogP contribution in [0.15, 0.2) is 0 Å². The highest BCUT2D eigenvalue weighted by atomic mass is 32.1. The molecule has 6 aliphatic carbocycles. The number of thiol groups is 1. The van der Waals surface area contributed by atoms with Gasteiger partial charge >= 0.3 is 11.9 Å². The van der Waals surface area contributed by atoms with Crippen LogP contribution in [0.5, 0.6) is 0 Å². The van der Waals surface area contributed by atoms with Gasteiger partial charge < -0.3 is 15.2 Å². The first-order valence-corrected chi connectivity index (χ1v) is 14.2. The highest BCUT2D eigenvalue weighted by Crippen LogP contribution is 2.67. The van der Waals surface area contributed by atoms with E-state index in [1.54, 1.807) is 6.92 Å². The molecule has 33 heavy (non-hydrogen) atoms. The number of hydrogen-bond acceptors (Lipinski definition) is 6. The molecule has 0 amide bonds. The van der Waals surface area contributed by atoms with E-state index in [2.05, 4.69) is 0 Å². The van der Waals surface area contributed by atoms with Crippen LogP contribution >= 0.6 is 12.6 Å². The standard InChI is InChI=1S/C27H43NO4S/c1-17(29)32-27-12-19-9-22(13-26(11-19,15-27)16-33)24(27)21-3-2-4-23(10-21)31-25(30)20-7-5-18(14-28)6-8-20/h18-24,33H,2-16,28H2,1H3. The van der Waals surface area contributed by atoms with Crippen molar-refractivity contribution in [2.45, 2.75) is 102 Å². The average molecular weight is 478 g/mol. The van der Waals surface area contributed by atoms with Gasteiger partial charge in [0.25, 0.3) is 0 Å². The minimum atomic E-state index is -0.324. The fourth-order valence-corrected chi connectivity index (χ4v) is 9.61. The maximum absolute atomic E-state index is 12.9. The van der Waals surface area contributed by atoms with Gasteiger partial charge in [0.05, 0.1) is 5.92 Å². The number of hydrogen-bond donors (Lipinski definition) is 2. The fourth-order valence-electron chi connectivity index (χ4n) is 9.24. The molecule has 7 unspecified atom stereocenters. The third-order valence-electron chi connectivity index (χ3n) is 10.1. The van der Waals surface area contributed by atoms with Gasteiger partial charge in [0.2, 0.25) is 0 Å². The zero-order valence-corrected chi connectivity index (χ0v) is 21.2. The quantitative estimate of drug-likeness (QED) is 0.420. The second-order valence-corrected chi connectivity index (χ2v) is 12.7. The molecule has 0 aromatic rings. The summed E-state index contributed by atoms with van der Waals surface area (Å²) in [5, 5.41) is 0. The summed E-state index contributed by atoms with van der Waals surface area (Å²) in [4.78, 5) is 25.2. The number of esters is 2. The first-order chi connectivity index (χ1) is 15.9. The third kappa shape index (κ3) is 4.60. The average Bonchev–Trinajstić information content (AvgIpc) is 2.78. The van der Waals surface area contributed by atoms with Crippen molar-refractivity contribution in [3.63, 3.8) is 0 Å². The lowest BCUT2D eigenvalue weighted by Gasteiger charge is -2.66. The van der Waals surface area contributed by atoms with Crippen LogP contribution in [-0.2, 0) is 19.1 Å². The molecule has 0 aromatic heterocycles. The minimum Gasteiger partial charge on any atom is -0.462 e. The molecule has 6 saturated carbocycles. The monoisotopic (exact) mass is 477 g/mol. The van der Waals surface area contributed by atoms with Gasteiger partial charge in [-0.15, -0.1) is 0 Å². The molecular formula is C27H43NO4S. The van der Waals surface area contributed by atoms with Crippen LogP contribution in [0.3, 0.4) is 0 Å². The Morgan fingerprint density at radius 3 is 2.48 bits per heavy atom. The summed E-state index contributed by atoms with van der Waals surface area (Å²) in [6.07, 6.45) is 13.9. The smallest absolute Gasteiger partial charge is 0.309 e. The van der Waals surface area contributed by atoms with Crippen LogP contribution < -0.4 is 5.73 Å². The maximum atomic E-state index is 12.9. The Bertz CT molecular complexity index is 752. The minimum absolute atomic E-state index is 0.0185. The maximum Gasteiger partial charge on any atom is 0.309 e. The van der Waals surface area contributed by atoms with Gasteiger partial charge in [0.1, 0.15) is 11.7 Å². The molecule has 0 radical (unpaired) electrons. The van der Waals surface area contributed by atoms with Crippen molar-refractivity contribution in [2.24, 2.45) is 46.7 Å². The third-order valence-corrected chi connectivity index (χ3v) is 10.8. The second kappa shape index (κ2) is 9.37. The Kier molecular flexibility index (Phi) is 6.80. The molecule has 6 heteroatoms. The van der Waals surface area contributed by atoms with E-state index in [1.165, 1.54) is 25.7 Å². The van der Waals surface area contributed by atoms with E-state index in [1.807, 2.05) is 0 Å². The van der Waals surface area contributed by atoms with Crippen LogP contribution in [-0.4, -0.2) is 35.9 Å². The number of rotatable bonds is 6. The molecule has 0 aromatic carbocycles. The van der Waals surface area contributed by atoms with Crippen molar-refractivity contribution in [1.82, 2.24) is 0 Å². The van der Waals surface area contributed by atoms with E-state index >= 15 is 0 Å². The van der Waals surface area contributed by atoms with E-state index < -0.39 is 0 Å². The Labute approximate surface area is 204 Å². The van der Waals surface area contributed by atoms with Crippen molar-refractivity contribution in [1.29, 1.82) is 0 Å². The van der Waals surface area contributed by atoms with E-state index in [0.717, 1.165) is 70.1 Å². The van der Waals surface area contributed by atoms with Crippen LogP contribution in [0.25, 0.3) is 0 Å². The van der Waals surface area contributed by atoms with Crippen molar-refractivity contribution in [2.75, 3.05) is 12.3 Å². The van der Waals surface area contributed by atoms with Crippen molar-refractivity contribution < 1.29 is 19.1 Å². The molecule has 6 rings (SSSR count). The van der Waals surface area contributed by atoms with Crippen molar-refractivity contribution >= 4 is 24.6 Å². The molecule has 2 N–H and O–H groups in total. The first-order valence-electron chi connectivity index (χ1n) is 13.6. The highest BCUT2D eigenvalue weighted by molar-refractivity contribution is 7.80. The van der Waals surface area contributed by atoms with Crippen molar-refractivity contribution in [3.8, 4) is 0 Å². The molecule has 0 spiro atoms. The summed E-state index contributed by atoms with van der Waals surface area (Å²) in [6.45, 7) is 2.31. The van der Waals surface area contributed by atoms with Crippen LogP contribution in [0, 0.1) is 40.9 Å². The molecular weight excluding hydrogens is 434 g/mol. The lowest BCUT2D eigenvalue weighted by atomic mass is 9.42. The summed E-state index contributed by atoms with van der Waals surface area (Å²) in [6, 6.07) is 0. The molecule has 6 fully saturated rings. The normalized spacial score (nSPS) is 46.7. The Morgan fingerprint density at radius 2 is 1.79 bits per heavy atom. The summed E-state index contributed by atoms with van der Waals surface area (Å²) >= 11 is 4.76. The number of nitrogens with two attached hydrogens (primary N) is 1. The van der Waals surface area contributed by atoms with Crippen LogP contribution in [0.2, 0.25) is 0 Å². The number of carbonyl (C=O) groups excluding carboxylic acids is 2. The van der Waals surface area contributed by atoms with E-state index in [9.17, 15) is 9.59 Å². The molecule has 186 valence electrons. The molecule has 4 bridgehead atoms. The number of ether oxygens (including phenoxy) is 2. The van der Waals surface area contributed by atoms with Gasteiger partial charge in [0, 0.05) is 12.8 Å². The van der Waals surface area contributed by atoms with E-state index in [-0.39, 0.29) is 35.0 Å². The van der Waals surface area contributed by atoms with Crippen molar-refractivity contribution in [3.05, 3.63) is 0 Å². The molecule has 0 aliphatic heterocycles. The largest absolute Gasteiger partial charge is 0.462 e. The van der Waals surface area contributed by atoms with Gasteiger partial charge in [0.15, 0.2) is 0 Å². The molecule has 0 heterocycles. The Morgan fingerprint density at radius 1 is 1.00 bits per heavy atom. The second-order valence-electron chi connectivity index (χ2n) is 12.4. The molecule has 6 aliphatic rings. The summed E-state index contributed by atoms with van der Waals surface area (Å²) < 4.78 is 12.4. The molecule has 5 nitrogen and oxygen atoms in total. The summed E-state index contributed by atoms with van der Waals surface area (Å²) in [5.41, 5.74) is 5.73. The number of carbonyl (C=O) groups is 2. The highest BCUT2D eigenvalue weighted by Gasteiger charge is 2.65. The SMILES string of the molecule is CC(=O)OC12CC3CC(CC(CS)(C3)C1)C2C1CCCC(OC(=O)C2CCC(CN)CC2)C1. The van der Waals surface area contributed by atoms with Gasteiger partial charge in [-0.25, -0.2) is 0 Å². The predicted octanol–water partition coefficient (Wildman–Crippen LogP) is 4.91. The molecule has 7 atom stereocenters. The van der Waals surface area contributed by atoms with Crippen LogP contribution in [0.1, 0.15) is 90.4 Å². The van der Waals surface area contributed by atoms with Gasteiger partial charge in [-0.3, -0.25) is 9.59 Å². The molecule has 0 saturated heterocycles. The summed E-state index contributed by atoms with van der Waals surface area (Å²) in [7, 11) is 0. The first kappa shape index (κ1) is 24.0. The van der Waals surface area contributed by atoms with E-state index in [0.29, 0.717) is 29.6 Å². The Balaban J connectivity index is 1.28. The lowest BCUT2D eigenvalue weighted by molar-refractivity contribution is -0.235. The van der Waals surface area contributed by atoms with Gasteiger partial charge in [-0.2, -0.15) is 12.6 Å². The summed E-state index contributed by atoms with van der Waals surface area (Å²) in [5.74, 6) is 3.57. The van der Waals surface area contributed by atoms with Gasteiger partial charge in [-0.1, -0.05) is 0 Å². The Hall–Kier alpha value is -0.750. The van der Waals surface area contributed by atoms with Crippen LogP contribution in [0.4, 0.5) is 0 Å². The predicted molar refractivity (Wildman–Crippen MR) is 131 cm³/mol. The lowest BCUT2D eigenvalue weighted by Crippen LogP contribution is -2.65.